The van der Waals surface area contributed by atoms with Gasteiger partial charge in [-0.05, 0) is 11.8 Å². The summed E-state index contributed by atoms with van der Waals surface area (Å²) in [6.45, 7) is 6.46. The van der Waals surface area contributed by atoms with Crippen molar-refractivity contribution in [3.63, 3.8) is 0 Å². The highest BCUT2D eigenvalue weighted by Gasteiger charge is 2.27. The predicted octanol–water partition coefficient (Wildman–Crippen LogP) is 1.25. The van der Waals surface area contributed by atoms with Crippen molar-refractivity contribution >= 4 is 0 Å². The number of rotatable bonds is 3. The summed E-state index contributed by atoms with van der Waals surface area (Å²) in [5.74, 6) is 0. The number of hydrogen-bond donors (Lipinski definition) is 1. The van der Waals surface area contributed by atoms with Gasteiger partial charge in [0, 0.05) is 7.05 Å². The van der Waals surface area contributed by atoms with Crippen molar-refractivity contribution in [1.29, 1.82) is 0 Å². The van der Waals surface area contributed by atoms with Crippen LogP contribution >= 0.6 is 0 Å². The van der Waals surface area contributed by atoms with Crippen LogP contribution in [0.3, 0.4) is 0 Å². The third-order valence-electron chi connectivity index (χ3n) is 2.82. The van der Waals surface area contributed by atoms with Crippen molar-refractivity contribution in [3.8, 4) is 0 Å². The van der Waals surface area contributed by atoms with E-state index in [0.29, 0.717) is 0 Å². The Labute approximate surface area is 79.1 Å². The molecule has 0 aliphatic carbocycles. The molecule has 0 radical (unpaired) electrons. The van der Waals surface area contributed by atoms with Gasteiger partial charge in [0.25, 0.3) is 0 Å². The van der Waals surface area contributed by atoms with Crippen LogP contribution in [0.1, 0.15) is 38.9 Å². The Morgan fingerprint density at radius 2 is 2.23 bits per heavy atom. The monoisotopic (exact) mass is 182 g/mol. The number of nitrogens with zero attached hydrogens (tertiary/aromatic N) is 3. The molecule has 4 nitrogen and oxygen atoms in total. The molecule has 0 saturated heterocycles. The zero-order valence-corrected chi connectivity index (χ0v) is 8.78. The molecule has 2 N–H and O–H groups in total. The lowest BCUT2D eigenvalue weighted by Crippen LogP contribution is -2.30. The fourth-order valence-electron chi connectivity index (χ4n) is 1.20. The molecule has 0 bridgehead atoms. The first-order valence-corrected chi connectivity index (χ1v) is 4.59. The zero-order valence-electron chi connectivity index (χ0n) is 8.78. The average molecular weight is 182 g/mol. The molecule has 1 heterocycles. The summed E-state index contributed by atoms with van der Waals surface area (Å²) in [6.07, 6.45) is 2.78. The molecule has 0 aliphatic heterocycles. The van der Waals surface area contributed by atoms with Crippen LogP contribution in [0, 0.1) is 5.41 Å². The van der Waals surface area contributed by atoms with Crippen molar-refractivity contribution in [2.75, 3.05) is 0 Å². The van der Waals surface area contributed by atoms with Gasteiger partial charge >= 0.3 is 0 Å². The normalized spacial score (nSPS) is 14.5. The second-order valence-corrected chi connectivity index (χ2v) is 4.10. The standard InChI is InChI=1S/C9H18N4/c1-5-9(2,3)8(10)7-6-11-12-13(7)4/h6,8H,5,10H2,1-4H3. The molecule has 1 aromatic heterocycles. The molecule has 0 aliphatic rings. The van der Waals surface area contributed by atoms with Gasteiger partial charge in [-0.3, -0.25) is 4.68 Å². The summed E-state index contributed by atoms with van der Waals surface area (Å²) in [6, 6.07) is -0.00231. The van der Waals surface area contributed by atoms with Gasteiger partial charge in [-0.2, -0.15) is 0 Å². The quantitative estimate of drug-likeness (QED) is 0.765. The van der Waals surface area contributed by atoms with E-state index >= 15 is 0 Å². The lowest BCUT2D eigenvalue weighted by Gasteiger charge is -2.29. The molecular weight excluding hydrogens is 164 g/mol. The summed E-state index contributed by atoms with van der Waals surface area (Å²) in [5.41, 5.74) is 7.21. The van der Waals surface area contributed by atoms with Crippen molar-refractivity contribution in [2.24, 2.45) is 18.2 Å². The minimum absolute atomic E-state index is 0.00231. The van der Waals surface area contributed by atoms with Gasteiger partial charge in [-0.15, -0.1) is 5.10 Å². The molecule has 74 valence electrons. The van der Waals surface area contributed by atoms with Crippen LogP contribution in [0.25, 0.3) is 0 Å². The van der Waals surface area contributed by atoms with Gasteiger partial charge in [0.2, 0.25) is 0 Å². The lowest BCUT2D eigenvalue weighted by molar-refractivity contribution is 0.268. The third-order valence-corrected chi connectivity index (χ3v) is 2.82. The fourth-order valence-corrected chi connectivity index (χ4v) is 1.20. The maximum absolute atomic E-state index is 6.13. The van der Waals surface area contributed by atoms with Crippen molar-refractivity contribution in [2.45, 2.75) is 33.2 Å². The molecule has 1 rings (SSSR count). The van der Waals surface area contributed by atoms with Crippen LogP contribution in [0.4, 0.5) is 0 Å². The van der Waals surface area contributed by atoms with Crippen molar-refractivity contribution in [3.05, 3.63) is 11.9 Å². The van der Waals surface area contributed by atoms with E-state index in [9.17, 15) is 0 Å². The van der Waals surface area contributed by atoms with E-state index in [0.717, 1.165) is 12.1 Å². The van der Waals surface area contributed by atoms with E-state index in [1.165, 1.54) is 0 Å². The van der Waals surface area contributed by atoms with E-state index in [1.54, 1.807) is 10.9 Å². The molecule has 1 aromatic rings. The molecule has 0 fully saturated rings. The second kappa shape index (κ2) is 3.46. The van der Waals surface area contributed by atoms with E-state index < -0.39 is 0 Å². The van der Waals surface area contributed by atoms with Gasteiger partial charge in [-0.25, -0.2) is 0 Å². The summed E-state index contributed by atoms with van der Waals surface area (Å²) in [5, 5.41) is 7.70. The van der Waals surface area contributed by atoms with Crippen LogP contribution in [-0.2, 0) is 7.05 Å². The molecule has 0 aromatic carbocycles. The first-order chi connectivity index (χ1) is 5.99. The summed E-state index contributed by atoms with van der Waals surface area (Å²) < 4.78 is 1.74. The van der Waals surface area contributed by atoms with Gasteiger partial charge in [0.15, 0.2) is 0 Å². The maximum atomic E-state index is 6.13. The van der Waals surface area contributed by atoms with Gasteiger partial charge in [0.05, 0.1) is 17.9 Å². The first kappa shape index (κ1) is 10.2. The molecule has 1 unspecified atom stereocenters. The summed E-state index contributed by atoms with van der Waals surface area (Å²) >= 11 is 0. The number of aryl methyl sites for hydroxylation is 1. The third kappa shape index (κ3) is 1.88. The SMILES string of the molecule is CCC(C)(C)C(N)c1cnnn1C. The van der Waals surface area contributed by atoms with E-state index in [2.05, 4.69) is 31.1 Å². The fraction of sp³-hybridized carbons (Fsp3) is 0.778. The van der Waals surface area contributed by atoms with Gasteiger partial charge in [0.1, 0.15) is 0 Å². The Bertz CT molecular complexity index is 277. The van der Waals surface area contributed by atoms with Crippen LogP contribution in [0.2, 0.25) is 0 Å². The van der Waals surface area contributed by atoms with E-state index in [4.69, 9.17) is 5.73 Å². The second-order valence-electron chi connectivity index (χ2n) is 4.10. The highest BCUT2D eigenvalue weighted by Crippen LogP contribution is 2.33. The molecular formula is C9H18N4. The zero-order chi connectivity index (χ0) is 10.1. The number of hydrogen-bond acceptors (Lipinski definition) is 3. The highest BCUT2D eigenvalue weighted by atomic mass is 15.4. The topological polar surface area (TPSA) is 56.7 Å². The maximum Gasteiger partial charge on any atom is 0.0756 e. The molecule has 0 spiro atoms. The predicted molar refractivity (Wildman–Crippen MR) is 52.0 cm³/mol. The Morgan fingerprint density at radius 3 is 2.62 bits per heavy atom. The van der Waals surface area contributed by atoms with Crippen LogP contribution < -0.4 is 5.73 Å². The Morgan fingerprint density at radius 1 is 1.62 bits per heavy atom. The molecule has 4 heteroatoms. The van der Waals surface area contributed by atoms with E-state index in [-0.39, 0.29) is 11.5 Å². The highest BCUT2D eigenvalue weighted by molar-refractivity contribution is 5.05. The lowest BCUT2D eigenvalue weighted by atomic mass is 9.81. The van der Waals surface area contributed by atoms with Crippen molar-refractivity contribution in [1.82, 2.24) is 15.0 Å². The number of nitrogens with two attached hydrogens (primary N) is 1. The van der Waals surface area contributed by atoms with Gasteiger partial charge < -0.3 is 5.73 Å². The minimum Gasteiger partial charge on any atom is -0.322 e. The van der Waals surface area contributed by atoms with Crippen LogP contribution in [0.15, 0.2) is 6.20 Å². The number of aromatic nitrogens is 3. The Hall–Kier alpha value is -0.900. The largest absolute Gasteiger partial charge is 0.322 e. The smallest absolute Gasteiger partial charge is 0.0756 e. The molecule has 0 amide bonds. The summed E-state index contributed by atoms with van der Waals surface area (Å²) in [4.78, 5) is 0. The average Bonchev–Trinajstić information content (AvgIpc) is 2.50. The Kier molecular flexibility index (Phi) is 2.71. The molecule has 0 saturated carbocycles. The summed E-state index contributed by atoms with van der Waals surface area (Å²) in [7, 11) is 1.87. The molecule has 1 atom stereocenters. The Balaban J connectivity index is 2.91. The van der Waals surface area contributed by atoms with Gasteiger partial charge in [-0.1, -0.05) is 26.0 Å². The van der Waals surface area contributed by atoms with Crippen LogP contribution in [-0.4, -0.2) is 15.0 Å². The first-order valence-electron chi connectivity index (χ1n) is 4.59. The molecule has 13 heavy (non-hydrogen) atoms. The van der Waals surface area contributed by atoms with Crippen LogP contribution in [0.5, 0.6) is 0 Å². The van der Waals surface area contributed by atoms with E-state index in [1.807, 2.05) is 7.05 Å². The minimum atomic E-state index is -0.00231. The van der Waals surface area contributed by atoms with Crippen molar-refractivity contribution < 1.29 is 0 Å².